The number of aromatic hydroxyl groups is 1. The molecule has 1 heterocycles. The zero-order chi connectivity index (χ0) is 17.3. The van der Waals surface area contributed by atoms with Gasteiger partial charge in [-0.25, -0.2) is 4.68 Å². The third-order valence-electron chi connectivity index (χ3n) is 3.72. The molecule has 3 rings (SSSR count). The molecule has 0 saturated carbocycles. The second kappa shape index (κ2) is 6.43. The van der Waals surface area contributed by atoms with Crippen molar-refractivity contribution in [1.82, 2.24) is 15.0 Å². The normalized spacial score (nSPS) is 13.7. The Morgan fingerprint density at radius 1 is 1.08 bits per heavy atom. The Hall–Kier alpha value is -2.08. The first-order valence-corrected chi connectivity index (χ1v) is 7.99. The summed E-state index contributed by atoms with van der Waals surface area (Å²) in [4.78, 5) is 0. The molecule has 5 nitrogen and oxygen atoms in total. The van der Waals surface area contributed by atoms with E-state index >= 15 is 0 Å². The summed E-state index contributed by atoms with van der Waals surface area (Å²) in [6.45, 7) is 1.70. The Balaban J connectivity index is 1.84. The van der Waals surface area contributed by atoms with Crippen LogP contribution in [0.3, 0.4) is 0 Å². The number of phenols is 1. The van der Waals surface area contributed by atoms with Gasteiger partial charge in [-0.15, -0.1) is 5.10 Å². The van der Waals surface area contributed by atoms with Crippen LogP contribution < -0.4 is 0 Å². The molecule has 1 aromatic heterocycles. The highest BCUT2D eigenvalue weighted by molar-refractivity contribution is 6.31. The summed E-state index contributed by atoms with van der Waals surface area (Å²) < 4.78 is 1.44. The molecule has 1 unspecified atom stereocenters. The molecule has 1 atom stereocenters. The van der Waals surface area contributed by atoms with Crippen molar-refractivity contribution in [2.45, 2.75) is 18.9 Å². The molecule has 124 valence electrons. The highest BCUT2D eigenvalue weighted by Crippen LogP contribution is 2.28. The molecular weight excluding hydrogens is 349 g/mol. The Morgan fingerprint density at radius 2 is 1.75 bits per heavy atom. The van der Waals surface area contributed by atoms with E-state index in [4.69, 9.17) is 23.2 Å². The molecule has 0 spiro atoms. The molecule has 7 heteroatoms. The lowest BCUT2D eigenvalue weighted by Crippen LogP contribution is -2.24. The van der Waals surface area contributed by atoms with Gasteiger partial charge in [-0.3, -0.25) is 0 Å². The molecule has 2 N–H and O–H groups in total. The molecule has 0 aliphatic heterocycles. The first-order valence-electron chi connectivity index (χ1n) is 7.24. The summed E-state index contributed by atoms with van der Waals surface area (Å²) in [6.07, 6.45) is 1.93. The van der Waals surface area contributed by atoms with Crippen molar-refractivity contribution in [1.29, 1.82) is 0 Å². The van der Waals surface area contributed by atoms with Crippen molar-refractivity contribution in [2.75, 3.05) is 0 Å². The van der Waals surface area contributed by atoms with E-state index in [1.165, 1.54) is 10.7 Å². The van der Waals surface area contributed by atoms with Gasteiger partial charge in [-0.1, -0.05) is 40.5 Å². The number of hydrogen-bond donors (Lipinski definition) is 2. The standard InChI is InChI=1S/C17H15Cl2N3O2/c1-17(24,11-2-4-12(18)5-3-11)9-14-10-22(21-20-14)15-7-6-13(19)8-16(15)23/h2-8,10,23-24H,9H2,1H3. The van der Waals surface area contributed by atoms with Crippen LogP contribution in [0.5, 0.6) is 5.75 Å². The van der Waals surface area contributed by atoms with E-state index < -0.39 is 5.60 Å². The molecule has 0 aliphatic carbocycles. The smallest absolute Gasteiger partial charge is 0.142 e. The first kappa shape index (κ1) is 16.8. The van der Waals surface area contributed by atoms with Crippen molar-refractivity contribution in [2.24, 2.45) is 0 Å². The average Bonchev–Trinajstić information content (AvgIpc) is 2.95. The number of halogens is 2. The predicted octanol–water partition coefficient (Wildman–Crippen LogP) is 3.73. The fourth-order valence-electron chi connectivity index (χ4n) is 2.45. The average molecular weight is 364 g/mol. The molecule has 24 heavy (non-hydrogen) atoms. The number of aromatic nitrogens is 3. The molecule has 0 aliphatic rings. The molecule has 0 fully saturated rings. The van der Waals surface area contributed by atoms with Gasteiger partial charge in [0.25, 0.3) is 0 Å². The van der Waals surface area contributed by atoms with E-state index in [2.05, 4.69) is 10.3 Å². The van der Waals surface area contributed by atoms with E-state index in [0.29, 0.717) is 21.4 Å². The van der Waals surface area contributed by atoms with Crippen LogP contribution in [0.2, 0.25) is 10.0 Å². The zero-order valence-corrected chi connectivity index (χ0v) is 14.3. The fourth-order valence-corrected chi connectivity index (χ4v) is 2.74. The molecule has 0 amide bonds. The number of rotatable bonds is 4. The van der Waals surface area contributed by atoms with Crippen LogP contribution in [0, 0.1) is 0 Å². The van der Waals surface area contributed by atoms with Gasteiger partial charge in [-0.2, -0.15) is 0 Å². The van der Waals surface area contributed by atoms with E-state index in [9.17, 15) is 10.2 Å². The molecule has 3 aromatic rings. The largest absolute Gasteiger partial charge is 0.506 e. The number of benzene rings is 2. The van der Waals surface area contributed by atoms with Gasteiger partial charge < -0.3 is 10.2 Å². The summed E-state index contributed by atoms with van der Waals surface area (Å²) >= 11 is 11.7. The lowest BCUT2D eigenvalue weighted by molar-refractivity contribution is 0.0566. The van der Waals surface area contributed by atoms with Crippen LogP contribution in [0.25, 0.3) is 5.69 Å². The summed E-state index contributed by atoms with van der Waals surface area (Å²) in [5, 5.41) is 29.8. The second-order valence-electron chi connectivity index (χ2n) is 5.75. The number of phenolic OH excluding ortho intramolecular Hbond substituents is 1. The van der Waals surface area contributed by atoms with Gasteiger partial charge in [0.05, 0.1) is 17.5 Å². The van der Waals surface area contributed by atoms with Crippen LogP contribution in [0.4, 0.5) is 0 Å². The topological polar surface area (TPSA) is 71.2 Å². The van der Waals surface area contributed by atoms with E-state index in [1.807, 2.05) is 0 Å². The molecule has 0 saturated heterocycles. The maximum Gasteiger partial charge on any atom is 0.142 e. The van der Waals surface area contributed by atoms with Crippen LogP contribution >= 0.6 is 23.2 Å². The Morgan fingerprint density at radius 3 is 2.42 bits per heavy atom. The highest BCUT2D eigenvalue weighted by Gasteiger charge is 2.25. The van der Waals surface area contributed by atoms with E-state index in [0.717, 1.165) is 5.56 Å². The SMILES string of the molecule is CC(O)(Cc1cn(-c2ccc(Cl)cc2O)nn1)c1ccc(Cl)cc1. The minimum atomic E-state index is -1.12. The summed E-state index contributed by atoms with van der Waals surface area (Å²) in [7, 11) is 0. The van der Waals surface area contributed by atoms with Gasteiger partial charge in [0.2, 0.25) is 0 Å². The van der Waals surface area contributed by atoms with E-state index in [-0.39, 0.29) is 12.2 Å². The molecular formula is C17H15Cl2N3O2. The number of hydrogen-bond acceptors (Lipinski definition) is 4. The molecule has 0 bridgehead atoms. The Bertz CT molecular complexity index is 861. The summed E-state index contributed by atoms with van der Waals surface area (Å²) in [5.74, 6) is 0.00316. The third-order valence-corrected chi connectivity index (χ3v) is 4.20. The van der Waals surface area contributed by atoms with Crippen LogP contribution in [-0.4, -0.2) is 25.2 Å². The minimum absolute atomic E-state index is 0.00316. The first-order chi connectivity index (χ1) is 11.3. The molecule has 0 radical (unpaired) electrons. The van der Waals surface area contributed by atoms with Crippen molar-refractivity contribution in [3.05, 3.63) is 70.0 Å². The van der Waals surface area contributed by atoms with Crippen LogP contribution in [0.1, 0.15) is 18.2 Å². The highest BCUT2D eigenvalue weighted by atomic mass is 35.5. The maximum atomic E-state index is 10.7. The lowest BCUT2D eigenvalue weighted by atomic mass is 9.91. The monoisotopic (exact) mass is 363 g/mol. The Kier molecular flexibility index (Phi) is 4.49. The summed E-state index contributed by atoms with van der Waals surface area (Å²) in [6, 6.07) is 11.7. The number of nitrogens with zero attached hydrogens (tertiary/aromatic N) is 3. The lowest BCUT2D eigenvalue weighted by Gasteiger charge is -2.22. The van der Waals surface area contributed by atoms with Crippen LogP contribution in [0.15, 0.2) is 48.7 Å². The van der Waals surface area contributed by atoms with Crippen molar-refractivity contribution >= 4 is 23.2 Å². The van der Waals surface area contributed by atoms with Gasteiger partial charge >= 0.3 is 0 Å². The number of aliphatic hydroxyl groups is 1. The zero-order valence-electron chi connectivity index (χ0n) is 12.8. The molecule has 2 aromatic carbocycles. The van der Waals surface area contributed by atoms with Gasteiger partial charge in [0.1, 0.15) is 11.4 Å². The van der Waals surface area contributed by atoms with Gasteiger partial charge in [0, 0.05) is 22.5 Å². The van der Waals surface area contributed by atoms with Gasteiger partial charge in [0.15, 0.2) is 0 Å². The quantitative estimate of drug-likeness (QED) is 0.740. The van der Waals surface area contributed by atoms with E-state index in [1.54, 1.807) is 49.5 Å². The fraction of sp³-hybridized carbons (Fsp3) is 0.176. The Labute approximate surface area is 149 Å². The maximum absolute atomic E-state index is 10.7. The second-order valence-corrected chi connectivity index (χ2v) is 6.62. The summed E-state index contributed by atoms with van der Waals surface area (Å²) in [5.41, 5.74) is 0.664. The minimum Gasteiger partial charge on any atom is -0.506 e. The van der Waals surface area contributed by atoms with Crippen molar-refractivity contribution in [3.8, 4) is 11.4 Å². The third kappa shape index (κ3) is 3.53. The van der Waals surface area contributed by atoms with Crippen LogP contribution in [-0.2, 0) is 12.0 Å². The van der Waals surface area contributed by atoms with Crippen molar-refractivity contribution < 1.29 is 10.2 Å². The predicted molar refractivity (Wildman–Crippen MR) is 92.8 cm³/mol. The van der Waals surface area contributed by atoms with Gasteiger partial charge in [-0.05, 0) is 36.8 Å². The van der Waals surface area contributed by atoms with Crippen molar-refractivity contribution in [3.63, 3.8) is 0 Å².